The Morgan fingerprint density at radius 3 is 2.47 bits per heavy atom. The Balaban J connectivity index is 2.41. The summed E-state index contributed by atoms with van der Waals surface area (Å²) in [5.41, 5.74) is -0.769. The van der Waals surface area contributed by atoms with Gasteiger partial charge in [-0.15, -0.1) is 0 Å². The second-order valence-corrected chi connectivity index (χ2v) is 4.81. The lowest BCUT2D eigenvalue weighted by Gasteiger charge is -2.26. The van der Waals surface area contributed by atoms with E-state index in [4.69, 9.17) is 0 Å². The second-order valence-electron chi connectivity index (χ2n) is 4.81. The molecule has 0 radical (unpaired) electrons. The summed E-state index contributed by atoms with van der Waals surface area (Å²) in [6, 6.07) is 0. The van der Waals surface area contributed by atoms with Crippen LogP contribution in [0.3, 0.4) is 0 Å². The Bertz CT molecular complexity index is 353. The first-order valence-corrected chi connectivity index (χ1v) is 5.28. The van der Waals surface area contributed by atoms with Crippen LogP contribution in [0.2, 0.25) is 0 Å². The standard InChI is InChI=1S/C11H16F2N2O2/c1-4-8(16)14-6-10(2,3)15-9(17)7-5-11(7,12)13/h4,7H,1,5-6H2,2-3H3,(H,14,16)(H,15,17)/t7-/m1/s1. The minimum atomic E-state index is -2.87. The molecule has 0 aliphatic heterocycles. The van der Waals surface area contributed by atoms with Crippen LogP contribution in [-0.4, -0.2) is 29.8 Å². The van der Waals surface area contributed by atoms with Crippen LogP contribution in [0.15, 0.2) is 12.7 Å². The Morgan fingerprint density at radius 2 is 2.06 bits per heavy atom. The zero-order chi connectivity index (χ0) is 13.3. The highest BCUT2D eigenvalue weighted by atomic mass is 19.3. The number of hydrogen-bond donors (Lipinski definition) is 2. The molecule has 1 atom stereocenters. The maximum Gasteiger partial charge on any atom is 0.260 e. The molecule has 0 heterocycles. The highest BCUT2D eigenvalue weighted by Crippen LogP contribution is 2.48. The molecular weight excluding hydrogens is 230 g/mol. The highest BCUT2D eigenvalue weighted by Gasteiger charge is 2.61. The predicted molar refractivity (Wildman–Crippen MR) is 58.5 cm³/mol. The number of hydrogen-bond acceptors (Lipinski definition) is 2. The van der Waals surface area contributed by atoms with E-state index in [0.717, 1.165) is 6.08 Å². The van der Waals surface area contributed by atoms with Crippen molar-refractivity contribution in [3.63, 3.8) is 0 Å². The summed E-state index contributed by atoms with van der Waals surface area (Å²) in [5, 5.41) is 4.98. The molecule has 1 aliphatic carbocycles. The first-order valence-electron chi connectivity index (χ1n) is 5.28. The van der Waals surface area contributed by atoms with E-state index < -0.39 is 29.7 Å². The molecular formula is C11H16F2N2O2. The first-order chi connectivity index (χ1) is 7.68. The molecule has 2 N–H and O–H groups in total. The number of nitrogens with one attached hydrogen (secondary N) is 2. The lowest BCUT2D eigenvalue weighted by Crippen LogP contribution is -2.52. The van der Waals surface area contributed by atoms with E-state index in [2.05, 4.69) is 17.2 Å². The molecule has 0 saturated heterocycles. The van der Waals surface area contributed by atoms with Gasteiger partial charge in [-0.1, -0.05) is 6.58 Å². The van der Waals surface area contributed by atoms with Crippen molar-refractivity contribution in [2.24, 2.45) is 5.92 Å². The van der Waals surface area contributed by atoms with E-state index in [-0.39, 0.29) is 12.5 Å². The molecule has 4 nitrogen and oxygen atoms in total. The van der Waals surface area contributed by atoms with Gasteiger partial charge in [-0.05, 0) is 19.9 Å². The van der Waals surface area contributed by atoms with E-state index >= 15 is 0 Å². The predicted octanol–water partition coefficient (Wildman–Crippen LogP) is 0.839. The zero-order valence-corrected chi connectivity index (χ0v) is 9.85. The Morgan fingerprint density at radius 1 is 1.53 bits per heavy atom. The van der Waals surface area contributed by atoms with Gasteiger partial charge in [-0.25, -0.2) is 8.78 Å². The van der Waals surface area contributed by atoms with Gasteiger partial charge in [0.1, 0.15) is 5.92 Å². The maximum absolute atomic E-state index is 12.6. The SMILES string of the molecule is C=CC(=O)NCC(C)(C)NC(=O)[C@H]1CC1(F)F. The second kappa shape index (κ2) is 4.43. The quantitative estimate of drug-likeness (QED) is 0.706. The lowest BCUT2D eigenvalue weighted by atomic mass is 10.1. The zero-order valence-electron chi connectivity index (χ0n) is 9.85. The third kappa shape index (κ3) is 3.80. The first kappa shape index (κ1) is 13.6. The van der Waals surface area contributed by atoms with Gasteiger partial charge < -0.3 is 10.6 Å². The maximum atomic E-state index is 12.6. The molecule has 17 heavy (non-hydrogen) atoms. The molecule has 1 fully saturated rings. The fraction of sp³-hybridized carbons (Fsp3) is 0.636. The van der Waals surface area contributed by atoms with Gasteiger partial charge in [0.15, 0.2) is 0 Å². The number of carbonyl (C=O) groups is 2. The van der Waals surface area contributed by atoms with Crippen LogP contribution in [0.4, 0.5) is 8.78 Å². The number of amides is 2. The van der Waals surface area contributed by atoms with Crippen LogP contribution >= 0.6 is 0 Å². The van der Waals surface area contributed by atoms with Crippen LogP contribution in [0, 0.1) is 5.92 Å². The van der Waals surface area contributed by atoms with E-state index in [1.807, 2.05) is 0 Å². The molecule has 0 bridgehead atoms. The summed E-state index contributed by atoms with van der Waals surface area (Å²) in [5.74, 6) is -5.14. The lowest BCUT2D eigenvalue weighted by molar-refractivity contribution is -0.126. The van der Waals surface area contributed by atoms with Crippen LogP contribution in [0.5, 0.6) is 0 Å². The monoisotopic (exact) mass is 246 g/mol. The molecule has 1 saturated carbocycles. The molecule has 0 spiro atoms. The van der Waals surface area contributed by atoms with Crippen molar-refractivity contribution in [3.05, 3.63) is 12.7 Å². The summed E-state index contributed by atoms with van der Waals surface area (Å²) < 4.78 is 25.3. The molecule has 0 aromatic heterocycles. The summed E-state index contributed by atoms with van der Waals surface area (Å²) in [6.45, 7) is 6.73. The van der Waals surface area contributed by atoms with Crippen molar-refractivity contribution in [3.8, 4) is 0 Å². The smallest absolute Gasteiger partial charge is 0.260 e. The summed E-state index contributed by atoms with van der Waals surface area (Å²) >= 11 is 0. The highest BCUT2D eigenvalue weighted by molar-refractivity contribution is 5.87. The normalized spacial score (nSPS) is 21.5. The largest absolute Gasteiger partial charge is 0.350 e. The summed E-state index contributed by atoms with van der Waals surface area (Å²) in [6.07, 6.45) is 0.709. The van der Waals surface area contributed by atoms with Gasteiger partial charge in [-0.3, -0.25) is 9.59 Å². The average molecular weight is 246 g/mol. The third-order valence-electron chi connectivity index (χ3n) is 2.49. The van der Waals surface area contributed by atoms with Crippen molar-refractivity contribution in [2.75, 3.05) is 6.54 Å². The number of alkyl halides is 2. The van der Waals surface area contributed by atoms with Gasteiger partial charge in [0.05, 0.1) is 5.54 Å². The van der Waals surface area contributed by atoms with Crippen molar-refractivity contribution in [1.82, 2.24) is 10.6 Å². The number of halogens is 2. The number of rotatable bonds is 5. The minimum absolute atomic E-state index is 0.155. The van der Waals surface area contributed by atoms with Gasteiger partial charge in [0.2, 0.25) is 11.8 Å². The molecule has 0 aromatic carbocycles. The van der Waals surface area contributed by atoms with Gasteiger partial charge in [0.25, 0.3) is 5.92 Å². The van der Waals surface area contributed by atoms with Crippen molar-refractivity contribution >= 4 is 11.8 Å². The molecule has 1 aliphatic rings. The molecule has 0 aromatic rings. The van der Waals surface area contributed by atoms with Gasteiger partial charge in [-0.2, -0.15) is 0 Å². The van der Waals surface area contributed by atoms with Crippen LogP contribution in [0.25, 0.3) is 0 Å². The number of carbonyl (C=O) groups excluding carboxylic acids is 2. The molecule has 0 unspecified atom stereocenters. The van der Waals surface area contributed by atoms with Crippen molar-refractivity contribution in [1.29, 1.82) is 0 Å². The Kier molecular flexibility index (Phi) is 3.54. The third-order valence-corrected chi connectivity index (χ3v) is 2.49. The molecule has 1 rings (SSSR count). The van der Waals surface area contributed by atoms with Crippen LogP contribution < -0.4 is 10.6 Å². The Hall–Kier alpha value is -1.46. The topological polar surface area (TPSA) is 58.2 Å². The average Bonchev–Trinajstić information content (AvgIpc) is 2.84. The van der Waals surface area contributed by atoms with Gasteiger partial charge >= 0.3 is 0 Å². The summed E-state index contributed by atoms with van der Waals surface area (Å²) in [7, 11) is 0. The van der Waals surface area contributed by atoms with Crippen molar-refractivity contribution in [2.45, 2.75) is 31.7 Å². The fourth-order valence-corrected chi connectivity index (χ4v) is 1.34. The van der Waals surface area contributed by atoms with E-state index in [9.17, 15) is 18.4 Å². The molecule has 6 heteroatoms. The fourth-order valence-electron chi connectivity index (χ4n) is 1.34. The Labute approximate surface area is 98.4 Å². The van der Waals surface area contributed by atoms with E-state index in [1.54, 1.807) is 13.8 Å². The molecule has 96 valence electrons. The van der Waals surface area contributed by atoms with E-state index in [0.29, 0.717) is 0 Å². The summed E-state index contributed by atoms with van der Waals surface area (Å²) in [4.78, 5) is 22.4. The van der Waals surface area contributed by atoms with Crippen LogP contribution in [-0.2, 0) is 9.59 Å². The van der Waals surface area contributed by atoms with Crippen LogP contribution in [0.1, 0.15) is 20.3 Å². The minimum Gasteiger partial charge on any atom is -0.350 e. The van der Waals surface area contributed by atoms with Gasteiger partial charge in [0, 0.05) is 13.0 Å². The van der Waals surface area contributed by atoms with Crippen molar-refractivity contribution < 1.29 is 18.4 Å². The molecule has 2 amide bonds. The van der Waals surface area contributed by atoms with E-state index in [1.165, 1.54) is 0 Å².